The Morgan fingerprint density at radius 2 is 2.26 bits per heavy atom. The predicted octanol–water partition coefficient (Wildman–Crippen LogP) is 2.01. The molecule has 0 amide bonds. The van der Waals surface area contributed by atoms with Crippen LogP contribution in [0.1, 0.15) is 39.0 Å². The molecular formula is C13H21N3O2S. The molecule has 1 aromatic rings. The van der Waals surface area contributed by atoms with Crippen LogP contribution in [0.5, 0.6) is 0 Å². The second-order valence-electron chi connectivity index (χ2n) is 4.95. The maximum absolute atomic E-state index is 12.7. The highest BCUT2D eigenvalue weighted by Gasteiger charge is 2.34. The van der Waals surface area contributed by atoms with Crippen molar-refractivity contribution in [2.24, 2.45) is 0 Å². The van der Waals surface area contributed by atoms with Gasteiger partial charge in [0.25, 0.3) is 10.0 Å². The van der Waals surface area contributed by atoms with Crippen molar-refractivity contribution in [1.29, 1.82) is 0 Å². The molecule has 1 fully saturated rings. The lowest BCUT2D eigenvalue weighted by atomic mass is 10.0. The molecule has 1 aromatic heterocycles. The first-order chi connectivity index (χ1) is 9.07. The number of rotatable bonds is 4. The number of piperidine rings is 1. The van der Waals surface area contributed by atoms with Gasteiger partial charge in [-0.25, -0.2) is 13.4 Å². The normalized spacial score (nSPS) is 21.4. The second-order valence-corrected chi connectivity index (χ2v) is 6.76. The van der Waals surface area contributed by atoms with E-state index in [0.29, 0.717) is 6.54 Å². The van der Waals surface area contributed by atoms with Crippen LogP contribution in [0.2, 0.25) is 0 Å². The van der Waals surface area contributed by atoms with Crippen molar-refractivity contribution >= 4 is 15.7 Å². The molecule has 19 heavy (non-hydrogen) atoms. The van der Waals surface area contributed by atoms with Gasteiger partial charge in [-0.15, -0.1) is 0 Å². The van der Waals surface area contributed by atoms with Crippen molar-refractivity contribution in [2.75, 3.05) is 12.3 Å². The first kappa shape index (κ1) is 14.3. The summed E-state index contributed by atoms with van der Waals surface area (Å²) in [6.07, 6.45) is 6.28. The average molecular weight is 283 g/mol. The van der Waals surface area contributed by atoms with Crippen LogP contribution < -0.4 is 5.73 Å². The molecule has 1 atom stereocenters. The summed E-state index contributed by atoms with van der Waals surface area (Å²) in [5.74, 6) is 0. The van der Waals surface area contributed by atoms with Gasteiger partial charge in [-0.3, -0.25) is 0 Å². The fraction of sp³-hybridized carbons (Fsp3) is 0.615. The Bertz CT molecular complexity index is 528. The minimum atomic E-state index is -3.57. The van der Waals surface area contributed by atoms with E-state index in [0.717, 1.165) is 32.1 Å². The van der Waals surface area contributed by atoms with Gasteiger partial charge in [-0.2, -0.15) is 4.31 Å². The molecule has 5 nitrogen and oxygen atoms in total. The van der Waals surface area contributed by atoms with Crippen molar-refractivity contribution in [3.8, 4) is 0 Å². The lowest BCUT2D eigenvalue weighted by molar-refractivity contribution is 0.239. The SMILES string of the molecule is CCCC1CCCCN1S(=O)(=O)c1ncccc1N. The van der Waals surface area contributed by atoms with E-state index < -0.39 is 10.0 Å². The van der Waals surface area contributed by atoms with E-state index in [2.05, 4.69) is 11.9 Å². The third kappa shape index (κ3) is 2.90. The Morgan fingerprint density at radius 1 is 1.47 bits per heavy atom. The number of nitrogen functional groups attached to an aromatic ring is 1. The van der Waals surface area contributed by atoms with Crippen molar-refractivity contribution < 1.29 is 8.42 Å². The smallest absolute Gasteiger partial charge is 0.262 e. The first-order valence-electron chi connectivity index (χ1n) is 6.79. The van der Waals surface area contributed by atoms with E-state index >= 15 is 0 Å². The Kier molecular flexibility index (Phi) is 4.42. The van der Waals surface area contributed by atoms with Gasteiger partial charge in [-0.05, 0) is 31.4 Å². The zero-order valence-electron chi connectivity index (χ0n) is 11.2. The number of anilines is 1. The highest BCUT2D eigenvalue weighted by atomic mass is 32.2. The number of hydrogen-bond acceptors (Lipinski definition) is 4. The molecule has 1 unspecified atom stereocenters. The lowest BCUT2D eigenvalue weighted by Crippen LogP contribution is -2.44. The molecule has 6 heteroatoms. The summed E-state index contributed by atoms with van der Waals surface area (Å²) >= 11 is 0. The Hall–Kier alpha value is -1.14. The zero-order valence-corrected chi connectivity index (χ0v) is 12.1. The number of hydrogen-bond donors (Lipinski definition) is 1. The molecule has 2 rings (SSSR count). The Balaban J connectivity index is 2.35. The molecule has 0 aliphatic carbocycles. The summed E-state index contributed by atoms with van der Waals surface area (Å²) in [7, 11) is -3.57. The third-order valence-electron chi connectivity index (χ3n) is 3.55. The van der Waals surface area contributed by atoms with Gasteiger partial charge in [0.1, 0.15) is 0 Å². The number of nitrogens with two attached hydrogens (primary N) is 1. The van der Waals surface area contributed by atoms with E-state index in [9.17, 15) is 8.42 Å². The molecule has 2 heterocycles. The standard InChI is InChI=1S/C13H21N3O2S/c1-2-6-11-7-3-4-10-16(11)19(17,18)13-12(14)8-5-9-15-13/h5,8-9,11H,2-4,6-7,10,14H2,1H3. The maximum atomic E-state index is 12.7. The van der Waals surface area contributed by atoms with Gasteiger partial charge in [0.15, 0.2) is 5.03 Å². The quantitative estimate of drug-likeness (QED) is 0.917. The topological polar surface area (TPSA) is 76.3 Å². The van der Waals surface area contributed by atoms with Crippen molar-refractivity contribution in [3.63, 3.8) is 0 Å². The Morgan fingerprint density at radius 3 is 2.95 bits per heavy atom. The van der Waals surface area contributed by atoms with Crippen LogP contribution in [0.15, 0.2) is 23.4 Å². The molecule has 1 aliphatic rings. The van der Waals surface area contributed by atoms with Gasteiger partial charge >= 0.3 is 0 Å². The minimum absolute atomic E-state index is 0.00185. The summed E-state index contributed by atoms with van der Waals surface area (Å²) in [6.45, 7) is 2.65. The second kappa shape index (κ2) is 5.88. The van der Waals surface area contributed by atoms with Crippen molar-refractivity contribution in [3.05, 3.63) is 18.3 Å². The van der Waals surface area contributed by atoms with Gasteiger partial charge in [0, 0.05) is 18.8 Å². The zero-order chi connectivity index (χ0) is 13.9. The van der Waals surface area contributed by atoms with E-state index in [-0.39, 0.29) is 16.8 Å². The Labute approximate surface area is 114 Å². The number of aromatic nitrogens is 1. The molecule has 0 saturated carbocycles. The average Bonchev–Trinajstić information content (AvgIpc) is 2.40. The minimum Gasteiger partial charge on any atom is -0.396 e. The summed E-state index contributed by atoms with van der Waals surface area (Å²) in [6, 6.07) is 3.32. The van der Waals surface area contributed by atoms with Crippen LogP contribution in [0.25, 0.3) is 0 Å². The van der Waals surface area contributed by atoms with Gasteiger partial charge in [0.2, 0.25) is 0 Å². The fourth-order valence-corrected chi connectivity index (χ4v) is 4.40. The van der Waals surface area contributed by atoms with E-state index in [1.54, 1.807) is 16.4 Å². The predicted molar refractivity (Wildman–Crippen MR) is 75.1 cm³/mol. The monoisotopic (exact) mass is 283 g/mol. The summed E-state index contributed by atoms with van der Waals surface area (Å²) in [4.78, 5) is 3.97. The number of pyridine rings is 1. The first-order valence-corrected chi connectivity index (χ1v) is 8.23. The lowest BCUT2D eigenvalue weighted by Gasteiger charge is -2.34. The van der Waals surface area contributed by atoms with Crippen LogP contribution >= 0.6 is 0 Å². The van der Waals surface area contributed by atoms with Crippen LogP contribution in [0, 0.1) is 0 Å². The molecule has 1 aliphatic heterocycles. The highest BCUT2D eigenvalue weighted by Crippen LogP contribution is 2.28. The fourth-order valence-electron chi connectivity index (χ4n) is 2.64. The van der Waals surface area contributed by atoms with Crippen LogP contribution in [0.4, 0.5) is 5.69 Å². The molecule has 0 bridgehead atoms. The molecule has 0 radical (unpaired) electrons. The molecule has 1 saturated heterocycles. The number of nitrogens with zero attached hydrogens (tertiary/aromatic N) is 2. The van der Waals surface area contributed by atoms with Crippen molar-refractivity contribution in [2.45, 2.75) is 50.1 Å². The van der Waals surface area contributed by atoms with Crippen LogP contribution in [-0.4, -0.2) is 30.3 Å². The van der Waals surface area contributed by atoms with E-state index in [4.69, 9.17) is 5.73 Å². The molecule has 2 N–H and O–H groups in total. The number of sulfonamides is 1. The largest absolute Gasteiger partial charge is 0.396 e. The summed E-state index contributed by atoms with van der Waals surface area (Å²) < 4.78 is 26.9. The third-order valence-corrected chi connectivity index (χ3v) is 5.48. The molecule has 0 spiro atoms. The van der Waals surface area contributed by atoms with E-state index in [1.165, 1.54) is 6.20 Å². The van der Waals surface area contributed by atoms with Gasteiger partial charge in [-0.1, -0.05) is 19.8 Å². The highest BCUT2D eigenvalue weighted by molar-refractivity contribution is 7.89. The molecular weight excluding hydrogens is 262 g/mol. The van der Waals surface area contributed by atoms with Gasteiger partial charge in [0.05, 0.1) is 5.69 Å². The van der Waals surface area contributed by atoms with Gasteiger partial charge < -0.3 is 5.73 Å². The van der Waals surface area contributed by atoms with Crippen LogP contribution in [-0.2, 0) is 10.0 Å². The van der Waals surface area contributed by atoms with Crippen LogP contribution in [0.3, 0.4) is 0 Å². The summed E-state index contributed by atoms with van der Waals surface area (Å²) in [5, 5.41) is -0.00185. The van der Waals surface area contributed by atoms with E-state index in [1.807, 2.05) is 0 Å². The van der Waals surface area contributed by atoms with Crippen molar-refractivity contribution in [1.82, 2.24) is 9.29 Å². The summed E-state index contributed by atoms with van der Waals surface area (Å²) in [5.41, 5.74) is 5.99. The maximum Gasteiger partial charge on any atom is 0.262 e. The molecule has 106 valence electrons. The molecule has 0 aromatic carbocycles.